The highest BCUT2D eigenvalue weighted by atomic mass is 16.3. The van der Waals surface area contributed by atoms with E-state index in [1.807, 2.05) is 0 Å². The molecule has 0 amide bonds. The first-order chi connectivity index (χ1) is 8.15. The highest BCUT2D eigenvalue weighted by molar-refractivity contribution is 4.96. The van der Waals surface area contributed by atoms with Gasteiger partial charge in [-0.2, -0.15) is 0 Å². The van der Waals surface area contributed by atoms with Crippen LogP contribution in [0.2, 0.25) is 0 Å². The van der Waals surface area contributed by atoms with Crippen molar-refractivity contribution in [2.45, 2.75) is 76.0 Å². The van der Waals surface area contributed by atoms with Crippen molar-refractivity contribution < 1.29 is 10.2 Å². The van der Waals surface area contributed by atoms with Crippen LogP contribution in [-0.4, -0.2) is 34.5 Å². The molecular weight excluding hydrogens is 214 g/mol. The lowest BCUT2D eigenvalue weighted by Gasteiger charge is -2.44. The van der Waals surface area contributed by atoms with Gasteiger partial charge in [0.25, 0.3) is 0 Å². The number of nitrogens with one attached hydrogen (secondary N) is 1. The first kappa shape index (κ1) is 13.3. The first-order valence-electron chi connectivity index (χ1n) is 7.22. The average Bonchev–Trinajstić information content (AvgIpc) is 2.32. The van der Waals surface area contributed by atoms with Gasteiger partial charge in [-0.25, -0.2) is 0 Å². The van der Waals surface area contributed by atoms with E-state index in [0.717, 1.165) is 32.1 Å². The van der Waals surface area contributed by atoms with Crippen molar-refractivity contribution in [3.05, 3.63) is 0 Å². The van der Waals surface area contributed by atoms with Crippen molar-refractivity contribution in [2.75, 3.05) is 6.61 Å². The van der Waals surface area contributed by atoms with Crippen LogP contribution in [0.25, 0.3) is 0 Å². The Balaban J connectivity index is 1.97. The Morgan fingerprint density at radius 1 is 1.18 bits per heavy atom. The molecule has 0 saturated heterocycles. The van der Waals surface area contributed by atoms with Crippen LogP contribution in [0.1, 0.15) is 58.3 Å². The smallest absolute Gasteiger partial charge is 0.0693 e. The van der Waals surface area contributed by atoms with E-state index >= 15 is 0 Å². The minimum atomic E-state index is -0.218. The zero-order valence-electron chi connectivity index (χ0n) is 11.0. The predicted octanol–water partition coefficient (Wildman–Crippen LogP) is 1.82. The molecule has 3 nitrogen and oxygen atoms in total. The zero-order valence-corrected chi connectivity index (χ0v) is 11.0. The number of hydrogen-bond acceptors (Lipinski definition) is 3. The molecule has 2 saturated carbocycles. The first-order valence-corrected chi connectivity index (χ1v) is 7.22. The molecular formula is C14H27NO2. The number of rotatable bonds is 3. The van der Waals surface area contributed by atoms with Gasteiger partial charge in [-0.1, -0.05) is 32.6 Å². The highest BCUT2D eigenvalue weighted by Crippen LogP contribution is 2.33. The van der Waals surface area contributed by atoms with E-state index in [1.165, 1.54) is 19.3 Å². The molecule has 0 aromatic rings. The van der Waals surface area contributed by atoms with Gasteiger partial charge in [0.05, 0.1) is 12.7 Å². The molecule has 0 heterocycles. The Morgan fingerprint density at radius 2 is 1.94 bits per heavy atom. The summed E-state index contributed by atoms with van der Waals surface area (Å²) in [6, 6.07) is 0.196. The molecule has 0 radical (unpaired) electrons. The lowest BCUT2D eigenvalue weighted by atomic mass is 9.75. The fraction of sp³-hybridized carbons (Fsp3) is 1.00. The average molecular weight is 241 g/mol. The molecule has 0 bridgehead atoms. The summed E-state index contributed by atoms with van der Waals surface area (Å²) in [6.45, 7) is 2.48. The molecule has 2 unspecified atom stereocenters. The zero-order chi connectivity index (χ0) is 12.3. The van der Waals surface area contributed by atoms with E-state index in [0.29, 0.717) is 5.92 Å². The summed E-state index contributed by atoms with van der Waals surface area (Å²) in [7, 11) is 0. The second kappa shape index (κ2) is 5.68. The van der Waals surface area contributed by atoms with Crippen LogP contribution in [0.3, 0.4) is 0 Å². The maximum atomic E-state index is 10.0. The van der Waals surface area contributed by atoms with Crippen LogP contribution >= 0.6 is 0 Å². The molecule has 4 atom stereocenters. The van der Waals surface area contributed by atoms with E-state index in [1.54, 1.807) is 0 Å². The van der Waals surface area contributed by atoms with Gasteiger partial charge in [0.15, 0.2) is 0 Å². The van der Waals surface area contributed by atoms with Crippen molar-refractivity contribution in [1.82, 2.24) is 5.32 Å². The third-order valence-electron chi connectivity index (χ3n) is 4.62. The third-order valence-corrected chi connectivity index (χ3v) is 4.62. The van der Waals surface area contributed by atoms with Gasteiger partial charge in [-0.3, -0.25) is 0 Å². The molecule has 2 aliphatic carbocycles. The molecule has 2 aliphatic rings. The van der Waals surface area contributed by atoms with E-state index in [4.69, 9.17) is 0 Å². The Labute approximate surface area is 105 Å². The topological polar surface area (TPSA) is 52.5 Å². The van der Waals surface area contributed by atoms with Crippen molar-refractivity contribution in [3.63, 3.8) is 0 Å². The molecule has 0 spiro atoms. The summed E-state index contributed by atoms with van der Waals surface area (Å²) in [4.78, 5) is 0. The summed E-state index contributed by atoms with van der Waals surface area (Å²) in [5.41, 5.74) is -0.124. The largest absolute Gasteiger partial charge is 0.394 e. The maximum Gasteiger partial charge on any atom is 0.0693 e. The van der Waals surface area contributed by atoms with Crippen molar-refractivity contribution in [1.29, 1.82) is 0 Å². The van der Waals surface area contributed by atoms with Gasteiger partial charge in [-0.15, -0.1) is 0 Å². The molecule has 3 N–H and O–H groups in total. The van der Waals surface area contributed by atoms with Gasteiger partial charge in [-0.05, 0) is 31.6 Å². The Morgan fingerprint density at radius 3 is 2.59 bits per heavy atom. The van der Waals surface area contributed by atoms with E-state index in [-0.39, 0.29) is 24.3 Å². The van der Waals surface area contributed by atoms with Crippen LogP contribution in [0, 0.1) is 5.92 Å². The number of hydrogen-bond donors (Lipinski definition) is 3. The molecule has 2 rings (SSSR count). The van der Waals surface area contributed by atoms with Gasteiger partial charge < -0.3 is 15.5 Å². The maximum absolute atomic E-state index is 10.0. The lowest BCUT2D eigenvalue weighted by Crippen LogP contribution is -2.58. The van der Waals surface area contributed by atoms with Crippen LogP contribution in [0.4, 0.5) is 0 Å². The minimum absolute atomic E-state index is 0.124. The second-order valence-corrected chi connectivity index (χ2v) is 6.24. The van der Waals surface area contributed by atoms with Crippen molar-refractivity contribution >= 4 is 0 Å². The molecule has 3 heteroatoms. The van der Waals surface area contributed by atoms with Gasteiger partial charge >= 0.3 is 0 Å². The molecule has 100 valence electrons. The molecule has 0 aliphatic heterocycles. The fourth-order valence-corrected chi connectivity index (χ4v) is 3.65. The van der Waals surface area contributed by atoms with Crippen molar-refractivity contribution in [2.24, 2.45) is 5.92 Å². The van der Waals surface area contributed by atoms with Crippen LogP contribution in [-0.2, 0) is 0 Å². The summed E-state index contributed by atoms with van der Waals surface area (Å²) >= 11 is 0. The van der Waals surface area contributed by atoms with E-state index < -0.39 is 0 Å². The molecule has 0 aromatic carbocycles. The quantitative estimate of drug-likeness (QED) is 0.706. The second-order valence-electron chi connectivity index (χ2n) is 6.24. The Kier molecular flexibility index (Phi) is 4.45. The summed E-state index contributed by atoms with van der Waals surface area (Å²) in [5, 5.41) is 23.4. The van der Waals surface area contributed by atoms with Crippen LogP contribution in [0.5, 0.6) is 0 Å². The summed E-state index contributed by atoms with van der Waals surface area (Å²) < 4.78 is 0. The fourth-order valence-electron chi connectivity index (χ4n) is 3.65. The van der Waals surface area contributed by atoms with Gasteiger partial charge in [0.1, 0.15) is 0 Å². The predicted molar refractivity (Wildman–Crippen MR) is 68.8 cm³/mol. The minimum Gasteiger partial charge on any atom is -0.394 e. The van der Waals surface area contributed by atoms with Crippen molar-refractivity contribution in [3.8, 4) is 0 Å². The molecule has 2 fully saturated rings. The third kappa shape index (κ3) is 3.21. The van der Waals surface area contributed by atoms with Crippen LogP contribution in [0.15, 0.2) is 0 Å². The Bertz CT molecular complexity index is 246. The molecule has 0 aromatic heterocycles. The SMILES string of the molecule is CC1CCCC(CO)(N[C@@H]2CCCC[C@H]2O)C1. The van der Waals surface area contributed by atoms with E-state index in [2.05, 4.69) is 12.2 Å². The lowest BCUT2D eigenvalue weighted by molar-refractivity contribution is 0.0328. The molecule has 17 heavy (non-hydrogen) atoms. The highest BCUT2D eigenvalue weighted by Gasteiger charge is 2.38. The number of aliphatic hydroxyl groups is 2. The normalized spacial score (nSPS) is 43.6. The number of aliphatic hydroxyl groups excluding tert-OH is 2. The van der Waals surface area contributed by atoms with E-state index in [9.17, 15) is 10.2 Å². The van der Waals surface area contributed by atoms with Gasteiger partial charge in [0.2, 0.25) is 0 Å². The summed E-state index contributed by atoms with van der Waals surface area (Å²) in [6.07, 6.45) is 8.65. The van der Waals surface area contributed by atoms with Crippen LogP contribution < -0.4 is 5.32 Å². The standard InChI is InChI=1S/C14H27NO2/c1-11-5-4-8-14(9-11,10-16)15-12-6-2-3-7-13(12)17/h11-13,15-17H,2-10H2,1H3/t11?,12-,13-,14?/m1/s1. The Hall–Kier alpha value is -0.120. The summed E-state index contributed by atoms with van der Waals surface area (Å²) in [5.74, 6) is 0.684. The van der Waals surface area contributed by atoms with Gasteiger partial charge in [0, 0.05) is 11.6 Å². The monoisotopic (exact) mass is 241 g/mol.